The van der Waals surface area contributed by atoms with E-state index >= 15 is 0 Å². The molecule has 23 heavy (non-hydrogen) atoms. The Morgan fingerprint density at radius 1 is 1.22 bits per heavy atom. The predicted octanol–water partition coefficient (Wildman–Crippen LogP) is 2.50. The van der Waals surface area contributed by atoms with Gasteiger partial charge < -0.3 is 10.6 Å². The standard InChI is InChI=1S/C19H31N3O/c1-13(2)16-8-6-15(7-9-16)11-21-17-10-18(19(23)20-5)22(12-17)14(3)4/h6-9,13-14,17-18,21H,10-12H2,1-5H3,(H,20,23)/t17-,18+/m1/s1. The first-order valence-electron chi connectivity index (χ1n) is 8.72. The third kappa shape index (κ3) is 4.55. The fourth-order valence-corrected chi connectivity index (χ4v) is 3.29. The molecule has 0 aromatic heterocycles. The lowest BCUT2D eigenvalue weighted by Crippen LogP contribution is -2.45. The van der Waals surface area contributed by atoms with E-state index in [1.807, 2.05) is 0 Å². The monoisotopic (exact) mass is 317 g/mol. The zero-order valence-corrected chi connectivity index (χ0v) is 15.1. The summed E-state index contributed by atoms with van der Waals surface area (Å²) < 4.78 is 0. The van der Waals surface area contributed by atoms with Crippen LogP contribution in [0.5, 0.6) is 0 Å². The molecule has 1 fully saturated rings. The summed E-state index contributed by atoms with van der Waals surface area (Å²) in [6.45, 7) is 10.5. The summed E-state index contributed by atoms with van der Waals surface area (Å²) in [7, 11) is 1.72. The molecule has 1 aliphatic heterocycles. The number of hydrogen-bond donors (Lipinski definition) is 2. The average molecular weight is 317 g/mol. The van der Waals surface area contributed by atoms with Gasteiger partial charge in [-0.05, 0) is 37.3 Å². The summed E-state index contributed by atoms with van der Waals surface area (Å²) in [4.78, 5) is 14.4. The highest BCUT2D eigenvalue weighted by Crippen LogP contribution is 2.21. The third-order valence-corrected chi connectivity index (χ3v) is 4.79. The normalized spacial score (nSPS) is 22.0. The summed E-state index contributed by atoms with van der Waals surface area (Å²) in [5.41, 5.74) is 2.68. The van der Waals surface area contributed by atoms with Gasteiger partial charge in [-0.3, -0.25) is 9.69 Å². The maximum atomic E-state index is 12.1. The van der Waals surface area contributed by atoms with Crippen molar-refractivity contribution in [3.8, 4) is 0 Å². The van der Waals surface area contributed by atoms with E-state index in [2.05, 4.69) is 67.5 Å². The van der Waals surface area contributed by atoms with Crippen molar-refractivity contribution in [1.29, 1.82) is 0 Å². The van der Waals surface area contributed by atoms with E-state index < -0.39 is 0 Å². The number of likely N-dealkylation sites (tertiary alicyclic amines) is 1. The van der Waals surface area contributed by atoms with Gasteiger partial charge in [-0.25, -0.2) is 0 Å². The smallest absolute Gasteiger partial charge is 0.237 e. The topological polar surface area (TPSA) is 44.4 Å². The SMILES string of the molecule is CNC(=O)[C@@H]1C[C@@H](NCc2ccc(C(C)C)cc2)CN1C(C)C. The number of amides is 1. The van der Waals surface area contributed by atoms with Crippen LogP contribution in [0, 0.1) is 0 Å². The maximum absolute atomic E-state index is 12.1. The van der Waals surface area contributed by atoms with Crippen molar-refractivity contribution in [3.05, 3.63) is 35.4 Å². The molecule has 0 bridgehead atoms. The molecule has 0 unspecified atom stereocenters. The molecule has 4 nitrogen and oxygen atoms in total. The van der Waals surface area contributed by atoms with Crippen molar-refractivity contribution < 1.29 is 4.79 Å². The summed E-state index contributed by atoms with van der Waals surface area (Å²) >= 11 is 0. The van der Waals surface area contributed by atoms with Gasteiger partial charge in [0.2, 0.25) is 5.91 Å². The van der Waals surface area contributed by atoms with Gasteiger partial charge in [0.05, 0.1) is 6.04 Å². The third-order valence-electron chi connectivity index (χ3n) is 4.79. The van der Waals surface area contributed by atoms with Crippen LogP contribution in [0.15, 0.2) is 24.3 Å². The molecule has 1 aliphatic rings. The Kier molecular flexibility index (Phi) is 6.19. The minimum absolute atomic E-state index is 0.0131. The number of rotatable bonds is 6. The number of carbonyl (C=O) groups excluding carboxylic acids is 1. The second kappa shape index (κ2) is 7.93. The van der Waals surface area contributed by atoms with Crippen molar-refractivity contribution in [2.75, 3.05) is 13.6 Å². The quantitative estimate of drug-likeness (QED) is 0.847. The molecule has 1 aromatic carbocycles. The molecule has 2 rings (SSSR count). The number of likely N-dealkylation sites (N-methyl/N-ethyl adjacent to an activating group) is 1. The number of hydrogen-bond acceptors (Lipinski definition) is 3. The lowest BCUT2D eigenvalue weighted by atomic mass is 10.0. The number of nitrogens with zero attached hydrogens (tertiary/aromatic N) is 1. The van der Waals surface area contributed by atoms with Crippen LogP contribution in [0.25, 0.3) is 0 Å². The van der Waals surface area contributed by atoms with E-state index in [1.165, 1.54) is 11.1 Å². The Hall–Kier alpha value is -1.39. The van der Waals surface area contributed by atoms with Crippen molar-refractivity contribution in [3.63, 3.8) is 0 Å². The predicted molar refractivity (Wildman–Crippen MR) is 95.5 cm³/mol. The highest BCUT2D eigenvalue weighted by atomic mass is 16.2. The second-order valence-electron chi connectivity index (χ2n) is 7.13. The van der Waals surface area contributed by atoms with Crippen molar-refractivity contribution in [2.45, 2.75) is 64.7 Å². The van der Waals surface area contributed by atoms with E-state index in [-0.39, 0.29) is 11.9 Å². The molecule has 1 heterocycles. The summed E-state index contributed by atoms with van der Waals surface area (Å²) in [6, 6.07) is 9.56. The molecule has 2 N–H and O–H groups in total. The van der Waals surface area contributed by atoms with Gasteiger partial charge in [-0.1, -0.05) is 38.1 Å². The molecule has 0 aliphatic carbocycles. The van der Waals surface area contributed by atoms with E-state index in [0.29, 0.717) is 18.0 Å². The highest BCUT2D eigenvalue weighted by Gasteiger charge is 2.37. The van der Waals surface area contributed by atoms with E-state index in [9.17, 15) is 4.79 Å². The summed E-state index contributed by atoms with van der Waals surface area (Å²) in [5.74, 6) is 0.698. The molecule has 0 spiro atoms. The van der Waals surface area contributed by atoms with Crippen LogP contribution in [-0.4, -0.2) is 42.5 Å². The van der Waals surface area contributed by atoms with E-state index in [0.717, 1.165) is 19.5 Å². The van der Waals surface area contributed by atoms with Gasteiger partial charge >= 0.3 is 0 Å². The average Bonchev–Trinajstić information content (AvgIpc) is 2.97. The van der Waals surface area contributed by atoms with Gasteiger partial charge in [0.15, 0.2) is 0 Å². The van der Waals surface area contributed by atoms with Crippen molar-refractivity contribution in [2.24, 2.45) is 0 Å². The Morgan fingerprint density at radius 3 is 2.39 bits per heavy atom. The van der Waals surface area contributed by atoms with Gasteiger partial charge in [-0.2, -0.15) is 0 Å². The fraction of sp³-hybridized carbons (Fsp3) is 0.632. The largest absolute Gasteiger partial charge is 0.358 e. The zero-order chi connectivity index (χ0) is 17.0. The molecule has 1 aromatic rings. The molecular formula is C19H31N3O. The van der Waals surface area contributed by atoms with Gasteiger partial charge in [-0.15, -0.1) is 0 Å². The van der Waals surface area contributed by atoms with Crippen LogP contribution in [0.1, 0.15) is 51.2 Å². The van der Waals surface area contributed by atoms with Gasteiger partial charge in [0.1, 0.15) is 0 Å². The number of benzene rings is 1. The van der Waals surface area contributed by atoms with Crippen LogP contribution >= 0.6 is 0 Å². The van der Waals surface area contributed by atoms with Crippen LogP contribution in [0.4, 0.5) is 0 Å². The minimum Gasteiger partial charge on any atom is -0.358 e. The molecule has 128 valence electrons. The Balaban J connectivity index is 1.92. The molecule has 0 radical (unpaired) electrons. The molecule has 1 amide bonds. The maximum Gasteiger partial charge on any atom is 0.237 e. The lowest BCUT2D eigenvalue weighted by Gasteiger charge is -2.26. The molecule has 0 saturated carbocycles. The van der Waals surface area contributed by atoms with Crippen molar-refractivity contribution >= 4 is 5.91 Å². The summed E-state index contributed by atoms with van der Waals surface area (Å²) in [5, 5.41) is 6.41. The zero-order valence-electron chi connectivity index (χ0n) is 15.1. The minimum atomic E-state index is -0.0131. The highest BCUT2D eigenvalue weighted by molar-refractivity contribution is 5.81. The van der Waals surface area contributed by atoms with E-state index in [1.54, 1.807) is 7.05 Å². The van der Waals surface area contributed by atoms with Crippen LogP contribution in [0.2, 0.25) is 0 Å². The Labute approximate surface area is 140 Å². The van der Waals surface area contributed by atoms with Crippen LogP contribution in [0.3, 0.4) is 0 Å². The van der Waals surface area contributed by atoms with E-state index in [4.69, 9.17) is 0 Å². The number of nitrogens with one attached hydrogen (secondary N) is 2. The second-order valence-corrected chi connectivity index (χ2v) is 7.13. The Morgan fingerprint density at radius 2 is 1.87 bits per heavy atom. The first-order chi connectivity index (χ1) is 10.9. The summed E-state index contributed by atoms with van der Waals surface area (Å²) in [6.07, 6.45) is 0.877. The Bertz CT molecular complexity index is 510. The molecule has 2 atom stereocenters. The van der Waals surface area contributed by atoms with Crippen molar-refractivity contribution in [1.82, 2.24) is 15.5 Å². The molecule has 1 saturated heterocycles. The first-order valence-corrected chi connectivity index (χ1v) is 8.72. The van der Waals surface area contributed by atoms with Crippen LogP contribution in [-0.2, 0) is 11.3 Å². The fourth-order valence-electron chi connectivity index (χ4n) is 3.29. The number of carbonyl (C=O) groups is 1. The van der Waals surface area contributed by atoms with Gasteiger partial charge in [0, 0.05) is 32.2 Å². The molecule has 4 heteroatoms. The lowest BCUT2D eigenvalue weighted by molar-refractivity contribution is -0.125. The van der Waals surface area contributed by atoms with Crippen LogP contribution < -0.4 is 10.6 Å². The molecular weight excluding hydrogens is 286 g/mol. The first kappa shape index (κ1) is 18.0. The van der Waals surface area contributed by atoms with Gasteiger partial charge in [0.25, 0.3) is 0 Å².